The van der Waals surface area contributed by atoms with Gasteiger partial charge >= 0.3 is 12.0 Å². The van der Waals surface area contributed by atoms with Crippen molar-refractivity contribution in [1.29, 1.82) is 0 Å². The molecule has 0 radical (unpaired) electrons. The largest absolute Gasteiger partial charge is 0.466 e. The quantitative estimate of drug-likeness (QED) is 0.718. The Bertz CT molecular complexity index is 638. The SMILES string of the molecule is CCOC(=O)CCNC(=O)N[C@H]1CC(=O)N(Cc2ccccc2Cl)C1. The van der Waals surface area contributed by atoms with E-state index >= 15 is 0 Å². The summed E-state index contributed by atoms with van der Waals surface area (Å²) in [4.78, 5) is 36.8. The Morgan fingerprint density at radius 2 is 2.12 bits per heavy atom. The normalized spacial score (nSPS) is 16.6. The van der Waals surface area contributed by atoms with E-state index in [1.807, 2.05) is 18.2 Å². The lowest BCUT2D eigenvalue weighted by Gasteiger charge is -2.18. The summed E-state index contributed by atoms with van der Waals surface area (Å²) < 4.78 is 4.78. The first-order valence-electron chi connectivity index (χ1n) is 8.20. The van der Waals surface area contributed by atoms with Gasteiger partial charge in [-0.15, -0.1) is 0 Å². The average Bonchev–Trinajstić information content (AvgIpc) is 2.89. The smallest absolute Gasteiger partial charge is 0.315 e. The van der Waals surface area contributed by atoms with Crippen molar-refractivity contribution >= 4 is 29.5 Å². The molecule has 1 aromatic carbocycles. The fraction of sp³-hybridized carbons (Fsp3) is 0.471. The molecule has 0 aromatic heterocycles. The lowest BCUT2D eigenvalue weighted by atomic mass is 10.2. The van der Waals surface area contributed by atoms with Crippen LogP contribution in [0.4, 0.5) is 4.79 Å². The van der Waals surface area contributed by atoms with Crippen molar-refractivity contribution in [3.05, 3.63) is 34.9 Å². The van der Waals surface area contributed by atoms with E-state index < -0.39 is 6.03 Å². The van der Waals surface area contributed by atoms with Crippen molar-refractivity contribution in [1.82, 2.24) is 15.5 Å². The number of urea groups is 1. The number of halogens is 1. The second-order valence-electron chi connectivity index (χ2n) is 5.72. The van der Waals surface area contributed by atoms with E-state index in [-0.39, 0.29) is 37.3 Å². The standard InChI is InChI=1S/C17H22ClN3O4/c1-2-25-16(23)7-8-19-17(24)20-13-9-15(22)21(11-13)10-12-5-3-4-6-14(12)18/h3-6,13H,2,7-11H2,1H3,(H2,19,20,24)/t13-/m0/s1. The van der Waals surface area contributed by atoms with Gasteiger partial charge in [0.05, 0.1) is 19.1 Å². The minimum Gasteiger partial charge on any atom is -0.466 e. The summed E-state index contributed by atoms with van der Waals surface area (Å²) in [7, 11) is 0. The molecule has 0 unspecified atom stereocenters. The summed E-state index contributed by atoms with van der Waals surface area (Å²) in [6.07, 6.45) is 0.360. The molecule has 1 aromatic rings. The predicted octanol–water partition coefficient (Wildman–Crippen LogP) is 1.69. The van der Waals surface area contributed by atoms with Crippen LogP contribution in [-0.4, -0.2) is 48.5 Å². The molecule has 136 valence electrons. The van der Waals surface area contributed by atoms with Gasteiger partial charge in [0, 0.05) is 31.1 Å². The van der Waals surface area contributed by atoms with E-state index in [1.54, 1.807) is 17.9 Å². The van der Waals surface area contributed by atoms with Gasteiger partial charge in [-0.2, -0.15) is 0 Å². The molecule has 1 fully saturated rings. The van der Waals surface area contributed by atoms with Crippen LogP contribution >= 0.6 is 11.6 Å². The molecule has 1 aliphatic rings. The fourth-order valence-corrected chi connectivity index (χ4v) is 2.80. The molecule has 0 aliphatic carbocycles. The van der Waals surface area contributed by atoms with E-state index in [4.69, 9.17) is 16.3 Å². The number of carbonyl (C=O) groups is 3. The molecular formula is C17H22ClN3O4. The van der Waals surface area contributed by atoms with E-state index in [9.17, 15) is 14.4 Å². The number of hydrogen-bond donors (Lipinski definition) is 2. The van der Waals surface area contributed by atoms with Gasteiger partial charge in [0.1, 0.15) is 0 Å². The lowest BCUT2D eigenvalue weighted by molar-refractivity contribution is -0.142. The summed E-state index contributed by atoms with van der Waals surface area (Å²) in [6.45, 7) is 3.07. The summed E-state index contributed by atoms with van der Waals surface area (Å²) in [5.74, 6) is -0.387. The van der Waals surface area contributed by atoms with Crippen molar-refractivity contribution in [2.75, 3.05) is 19.7 Å². The van der Waals surface area contributed by atoms with Crippen molar-refractivity contribution in [3.63, 3.8) is 0 Å². The van der Waals surface area contributed by atoms with Crippen LogP contribution in [0, 0.1) is 0 Å². The van der Waals surface area contributed by atoms with E-state index in [0.29, 0.717) is 24.7 Å². The topological polar surface area (TPSA) is 87.7 Å². The number of amides is 3. The Morgan fingerprint density at radius 3 is 2.84 bits per heavy atom. The third-order valence-corrected chi connectivity index (χ3v) is 4.16. The van der Waals surface area contributed by atoms with Crippen LogP contribution in [0.2, 0.25) is 5.02 Å². The first-order chi connectivity index (χ1) is 12.0. The van der Waals surface area contributed by atoms with Crippen LogP contribution in [0.3, 0.4) is 0 Å². The van der Waals surface area contributed by atoms with Gasteiger partial charge in [-0.1, -0.05) is 29.8 Å². The number of nitrogens with zero attached hydrogens (tertiary/aromatic N) is 1. The Morgan fingerprint density at radius 1 is 1.36 bits per heavy atom. The molecule has 3 amide bonds. The molecule has 25 heavy (non-hydrogen) atoms. The van der Waals surface area contributed by atoms with E-state index in [0.717, 1.165) is 5.56 Å². The summed E-state index contributed by atoms with van der Waals surface area (Å²) in [6, 6.07) is 6.69. The van der Waals surface area contributed by atoms with Gasteiger partial charge in [0.15, 0.2) is 0 Å². The molecule has 0 bridgehead atoms. The number of hydrogen-bond acceptors (Lipinski definition) is 4. The summed E-state index contributed by atoms with van der Waals surface area (Å²) in [5.41, 5.74) is 0.872. The molecule has 1 heterocycles. The molecular weight excluding hydrogens is 346 g/mol. The van der Waals surface area contributed by atoms with Gasteiger partial charge in [-0.25, -0.2) is 4.79 Å². The van der Waals surface area contributed by atoms with Crippen LogP contribution in [0.5, 0.6) is 0 Å². The van der Waals surface area contributed by atoms with Gasteiger partial charge in [-0.3, -0.25) is 9.59 Å². The molecule has 2 rings (SSSR count). The molecule has 8 heteroatoms. The van der Waals surface area contributed by atoms with Crippen LogP contribution in [-0.2, 0) is 20.9 Å². The lowest BCUT2D eigenvalue weighted by Crippen LogP contribution is -2.43. The number of esters is 1. The van der Waals surface area contributed by atoms with Crippen LogP contribution in [0.25, 0.3) is 0 Å². The Balaban J connectivity index is 1.75. The van der Waals surface area contributed by atoms with Crippen molar-refractivity contribution in [3.8, 4) is 0 Å². The molecule has 1 aliphatic heterocycles. The number of likely N-dealkylation sites (tertiary alicyclic amines) is 1. The molecule has 7 nitrogen and oxygen atoms in total. The zero-order chi connectivity index (χ0) is 18.2. The number of carbonyl (C=O) groups excluding carboxylic acids is 3. The molecule has 1 atom stereocenters. The summed E-state index contributed by atoms with van der Waals surface area (Å²) in [5, 5.41) is 5.95. The second kappa shape index (κ2) is 9.27. The van der Waals surface area contributed by atoms with Crippen molar-refractivity contribution < 1.29 is 19.1 Å². The van der Waals surface area contributed by atoms with E-state index in [2.05, 4.69) is 10.6 Å². The first-order valence-corrected chi connectivity index (χ1v) is 8.58. The number of rotatable bonds is 7. The maximum Gasteiger partial charge on any atom is 0.315 e. The first kappa shape index (κ1) is 19.1. The third kappa shape index (κ3) is 5.94. The minimum atomic E-state index is -0.401. The van der Waals surface area contributed by atoms with Crippen molar-refractivity contribution in [2.24, 2.45) is 0 Å². The molecule has 0 saturated carbocycles. The van der Waals surface area contributed by atoms with Gasteiger partial charge in [0.2, 0.25) is 5.91 Å². The zero-order valence-electron chi connectivity index (χ0n) is 14.1. The highest BCUT2D eigenvalue weighted by atomic mass is 35.5. The number of ether oxygens (including phenoxy) is 1. The van der Waals surface area contributed by atoms with Gasteiger partial charge in [-0.05, 0) is 18.6 Å². The minimum absolute atomic E-state index is 0.0308. The second-order valence-corrected chi connectivity index (χ2v) is 6.13. The highest BCUT2D eigenvalue weighted by Crippen LogP contribution is 2.20. The van der Waals surface area contributed by atoms with Gasteiger partial charge in [0.25, 0.3) is 0 Å². The highest BCUT2D eigenvalue weighted by molar-refractivity contribution is 6.31. The Labute approximate surface area is 151 Å². The maximum absolute atomic E-state index is 12.1. The maximum atomic E-state index is 12.1. The van der Waals surface area contributed by atoms with Crippen molar-refractivity contribution in [2.45, 2.75) is 32.4 Å². The number of nitrogens with one attached hydrogen (secondary N) is 2. The highest BCUT2D eigenvalue weighted by Gasteiger charge is 2.30. The number of benzene rings is 1. The van der Waals surface area contributed by atoms with Crippen LogP contribution in [0.15, 0.2) is 24.3 Å². The Kier molecular flexibility index (Phi) is 7.06. The fourth-order valence-electron chi connectivity index (χ4n) is 2.60. The molecule has 0 spiro atoms. The van der Waals surface area contributed by atoms with Crippen LogP contribution in [0.1, 0.15) is 25.3 Å². The summed E-state index contributed by atoms with van der Waals surface area (Å²) >= 11 is 6.12. The van der Waals surface area contributed by atoms with Gasteiger partial charge < -0.3 is 20.3 Å². The molecule has 1 saturated heterocycles. The average molecular weight is 368 g/mol. The molecule has 2 N–H and O–H groups in total. The Hall–Kier alpha value is -2.28. The predicted molar refractivity (Wildman–Crippen MR) is 93.1 cm³/mol. The zero-order valence-corrected chi connectivity index (χ0v) is 14.8. The van der Waals surface area contributed by atoms with Crippen LogP contribution < -0.4 is 10.6 Å². The van der Waals surface area contributed by atoms with E-state index in [1.165, 1.54) is 0 Å². The monoisotopic (exact) mass is 367 g/mol. The third-order valence-electron chi connectivity index (χ3n) is 3.79.